The van der Waals surface area contributed by atoms with Crippen LogP contribution in [0.3, 0.4) is 0 Å². The summed E-state index contributed by atoms with van der Waals surface area (Å²) in [7, 11) is 0. The Labute approximate surface area is 149 Å². The van der Waals surface area contributed by atoms with Gasteiger partial charge in [-0.25, -0.2) is 4.98 Å². The average molecular weight is 334 g/mol. The Morgan fingerprint density at radius 2 is 1.80 bits per heavy atom. The summed E-state index contributed by atoms with van der Waals surface area (Å²) in [4.78, 5) is 4.21. The van der Waals surface area contributed by atoms with Crippen molar-refractivity contribution in [1.29, 1.82) is 0 Å². The van der Waals surface area contributed by atoms with E-state index < -0.39 is 0 Å². The minimum atomic E-state index is 0.748. The maximum Gasteiger partial charge on any atom is 0.155 e. The van der Waals surface area contributed by atoms with Gasteiger partial charge in [-0.1, -0.05) is 50.2 Å². The van der Waals surface area contributed by atoms with Crippen molar-refractivity contribution in [3.05, 3.63) is 59.9 Å². The quantitative estimate of drug-likeness (QED) is 0.622. The highest BCUT2D eigenvalue weighted by Gasteiger charge is 2.06. The second-order valence-electron chi connectivity index (χ2n) is 6.92. The number of aromatic amines is 1. The monoisotopic (exact) mass is 334 g/mol. The molecule has 0 aliphatic heterocycles. The zero-order valence-corrected chi connectivity index (χ0v) is 15.2. The lowest BCUT2D eigenvalue weighted by Crippen LogP contribution is -2.16. The molecule has 0 atom stereocenters. The molecule has 4 heteroatoms. The lowest BCUT2D eigenvalue weighted by Gasteiger charge is -2.10. The number of hydrogen-bond acceptors (Lipinski definition) is 3. The molecule has 4 nitrogen and oxygen atoms in total. The average Bonchev–Trinajstić information content (AvgIpc) is 3.14. The van der Waals surface area contributed by atoms with E-state index in [1.807, 2.05) is 0 Å². The summed E-state index contributed by atoms with van der Waals surface area (Å²) in [6, 6.07) is 15.2. The van der Waals surface area contributed by atoms with Crippen LogP contribution in [0.15, 0.2) is 48.8 Å². The molecular weight excluding hydrogens is 308 g/mol. The van der Waals surface area contributed by atoms with Gasteiger partial charge in [-0.15, -0.1) is 0 Å². The van der Waals surface area contributed by atoms with E-state index in [9.17, 15) is 0 Å². The van der Waals surface area contributed by atoms with Gasteiger partial charge in [0.2, 0.25) is 0 Å². The van der Waals surface area contributed by atoms with Gasteiger partial charge in [-0.3, -0.25) is 5.10 Å². The molecular formula is C21H26N4. The Bertz CT molecular complexity index is 789. The molecule has 2 N–H and O–H groups in total. The van der Waals surface area contributed by atoms with Crippen LogP contribution in [0.5, 0.6) is 0 Å². The van der Waals surface area contributed by atoms with Gasteiger partial charge in [0.05, 0.1) is 0 Å². The van der Waals surface area contributed by atoms with Crippen LogP contribution in [0, 0.1) is 12.8 Å². The van der Waals surface area contributed by atoms with Crippen molar-refractivity contribution < 1.29 is 0 Å². The molecule has 3 aromatic rings. The summed E-state index contributed by atoms with van der Waals surface area (Å²) < 4.78 is 0. The van der Waals surface area contributed by atoms with Gasteiger partial charge in [0.1, 0.15) is 6.33 Å². The molecule has 1 heterocycles. The van der Waals surface area contributed by atoms with Crippen molar-refractivity contribution in [3.8, 4) is 22.5 Å². The summed E-state index contributed by atoms with van der Waals surface area (Å²) in [6.45, 7) is 8.65. The topological polar surface area (TPSA) is 53.6 Å². The van der Waals surface area contributed by atoms with Gasteiger partial charge in [-0.05, 0) is 54.1 Å². The minimum Gasteiger partial charge on any atom is -0.313 e. The van der Waals surface area contributed by atoms with Crippen LogP contribution >= 0.6 is 0 Å². The van der Waals surface area contributed by atoms with E-state index in [2.05, 4.69) is 83.7 Å². The molecule has 0 spiro atoms. The van der Waals surface area contributed by atoms with E-state index in [4.69, 9.17) is 0 Å². The van der Waals surface area contributed by atoms with Gasteiger partial charge in [0.15, 0.2) is 5.82 Å². The first-order chi connectivity index (χ1) is 12.1. The largest absolute Gasteiger partial charge is 0.313 e. The van der Waals surface area contributed by atoms with Crippen molar-refractivity contribution >= 4 is 0 Å². The van der Waals surface area contributed by atoms with Crippen LogP contribution in [0.4, 0.5) is 0 Å². The van der Waals surface area contributed by atoms with Crippen LogP contribution in [0.1, 0.15) is 31.4 Å². The molecule has 0 amide bonds. The fourth-order valence-corrected chi connectivity index (χ4v) is 2.91. The number of nitrogens with zero attached hydrogens (tertiary/aromatic N) is 2. The number of rotatable bonds is 7. The maximum atomic E-state index is 4.21. The SMILES string of the molecule is Cc1cc(-c2ncn[nH]2)ccc1-c1ccc(CNCCC(C)C)cc1. The van der Waals surface area contributed by atoms with Crippen LogP contribution in [0.25, 0.3) is 22.5 Å². The number of benzene rings is 2. The third-order valence-corrected chi connectivity index (χ3v) is 4.41. The minimum absolute atomic E-state index is 0.748. The molecule has 3 rings (SSSR count). The number of nitrogens with one attached hydrogen (secondary N) is 2. The normalized spacial score (nSPS) is 11.2. The van der Waals surface area contributed by atoms with Crippen LogP contribution in [0.2, 0.25) is 0 Å². The molecule has 0 saturated carbocycles. The summed E-state index contributed by atoms with van der Waals surface area (Å²) in [5, 5.41) is 10.3. The standard InChI is InChI=1S/C21H26N4/c1-15(2)10-11-22-13-17-4-6-18(7-5-17)20-9-8-19(12-16(20)3)21-23-14-24-25-21/h4-9,12,14-15,22H,10-11,13H2,1-3H3,(H,23,24,25). The summed E-state index contributed by atoms with van der Waals surface area (Å²) in [5.74, 6) is 1.55. The Morgan fingerprint density at radius 1 is 1.04 bits per heavy atom. The summed E-state index contributed by atoms with van der Waals surface area (Å²) in [6.07, 6.45) is 2.75. The molecule has 0 aliphatic carbocycles. The smallest absolute Gasteiger partial charge is 0.155 e. The Balaban J connectivity index is 1.68. The van der Waals surface area contributed by atoms with Gasteiger partial charge in [0.25, 0.3) is 0 Å². The van der Waals surface area contributed by atoms with Gasteiger partial charge in [0, 0.05) is 12.1 Å². The first-order valence-electron chi connectivity index (χ1n) is 8.90. The lowest BCUT2D eigenvalue weighted by molar-refractivity contribution is 0.537. The first kappa shape index (κ1) is 17.4. The molecule has 1 aromatic heterocycles. The lowest BCUT2D eigenvalue weighted by atomic mass is 9.97. The highest BCUT2D eigenvalue weighted by molar-refractivity contribution is 5.71. The zero-order valence-electron chi connectivity index (χ0n) is 15.2. The van der Waals surface area contributed by atoms with Gasteiger partial charge < -0.3 is 5.32 Å². The van der Waals surface area contributed by atoms with Crippen molar-refractivity contribution in [2.45, 2.75) is 33.7 Å². The van der Waals surface area contributed by atoms with E-state index in [0.717, 1.165) is 30.4 Å². The third-order valence-electron chi connectivity index (χ3n) is 4.41. The van der Waals surface area contributed by atoms with Crippen molar-refractivity contribution in [3.63, 3.8) is 0 Å². The number of H-pyrrole nitrogens is 1. The van der Waals surface area contributed by atoms with Crippen LogP contribution in [-0.2, 0) is 6.54 Å². The molecule has 0 aliphatic rings. The highest BCUT2D eigenvalue weighted by atomic mass is 15.2. The Hall–Kier alpha value is -2.46. The van der Waals surface area contributed by atoms with Crippen molar-refractivity contribution in [1.82, 2.24) is 20.5 Å². The zero-order chi connectivity index (χ0) is 17.6. The van der Waals surface area contributed by atoms with Crippen LogP contribution < -0.4 is 5.32 Å². The maximum absolute atomic E-state index is 4.21. The van der Waals surface area contributed by atoms with E-state index >= 15 is 0 Å². The van der Waals surface area contributed by atoms with E-state index in [0.29, 0.717) is 0 Å². The summed E-state index contributed by atoms with van der Waals surface area (Å²) in [5.41, 5.74) is 6.11. The fraction of sp³-hybridized carbons (Fsp3) is 0.333. The molecule has 0 bridgehead atoms. The molecule has 25 heavy (non-hydrogen) atoms. The Kier molecular flexibility index (Phi) is 5.61. The Morgan fingerprint density at radius 3 is 2.44 bits per heavy atom. The molecule has 0 fully saturated rings. The molecule has 0 unspecified atom stereocenters. The predicted molar refractivity (Wildman–Crippen MR) is 103 cm³/mol. The third kappa shape index (κ3) is 4.54. The highest BCUT2D eigenvalue weighted by Crippen LogP contribution is 2.27. The molecule has 130 valence electrons. The van der Waals surface area contributed by atoms with E-state index in [-0.39, 0.29) is 0 Å². The number of aromatic nitrogens is 3. The van der Waals surface area contributed by atoms with Gasteiger partial charge in [-0.2, -0.15) is 5.10 Å². The number of hydrogen-bond donors (Lipinski definition) is 2. The second-order valence-corrected chi connectivity index (χ2v) is 6.92. The van der Waals surface area contributed by atoms with E-state index in [1.165, 1.54) is 35.0 Å². The van der Waals surface area contributed by atoms with Crippen molar-refractivity contribution in [2.75, 3.05) is 6.54 Å². The molecule has 0 radical (unpaired) electrons. The fourth-order valence-electron chi connectivity index (χ4n) is 2.91. The first-order valence-corrected chi connectivity index (χ1v) is 8.90. The molecule has 0 saturated heterocycles. The molecule has 2 aromatic carbocycles. The number of aryl methyl sites for hydroxylation is 1. The van der Waals surface area contributed by atoms with Crippen molar-refractivity contribution in [2.24, 2.45) is 5.92 Å². The van der Waals surface area contributed by atoms with Crippen LogP contribution in [-0.4, -0.2) is 21.7 Å². The second kappa shape index (κ2) is 8.08. The predicted octanol–water partition coefficient (Wildman–Crippen LogP) is 4.58. The van der Waals surface area contributed by atoms with E-state index in [1.54, 1.807) is 0 Å². The summed E-state index contributed by atoms with van der Waals surface area (Å²) >= 11 is 0. The van der Waals surface area contributed by atoms with Gasteiger partial charge >= 0.3 is 0 Å².